The molecule has 1 atom stereocenters. The number of hydrogen-bond donors (Lipinski definition) is 2. The Bertz CT molecular complexity index is 1010. The van der Waals surface area contributed by atoms with E-state index in [0.717, 1.165) is 10.1 Å². The molecule has 0 bridgehead atoms. The van der Waals surface area contributed by atoms with Crippen LogP contribution in [-0.2, 0) is 23.4 Å². The van der Waals surface area contributed by atoms with E-state index >= 15 is 0 Å². The number of nitrogens with two attached hydrogens (primary N) is 1. The van der Waals surface area contributed by atoms with Crippen molar-refractivity contribution in [2.75, 3.05) is 22.6 Å². The average molecular weight is 364 g/mol. The number of nitrogen functional groups attached to an aromatic ring is 1. The maximum Gasteiger partial charge on any atom is 0.332 e. The number of sulfone groups is 1. The van der Waals surface area contributed by atoms with Crippen molar-refractivity contribution < 1.29 is 8.42 Å². The van der Waals surface area contributed by atoms with Crippen LogP contribution in [-0.4, -0.2) is 35.1 Å². The zero-order valence-electron chi connectivity index (χ0n) is 13.8. The van der Waals surface area contributed by atoms with Gasteiger partial charge < -0.3 is 11.1 Å². The summed E-state index contributed by atoms with van der Waals surface area (Å²) in [7, 11) is -1.72. The van der Waals surface area contributed by atoms with E-state index in [0.29, 0.717) is 6.42 Å². The monoisotopic (exact) mass is 364 g/mol. The van der Waals surface area contributed by atoms with Crippen LogP contribution in [0.2, 0.25) is 0 Å². The van der Waals surface area contributed by atoms with Crippen molar-refractivity contribution in [1.82, 2.24) is 9.13 Å². The Morgan fingerprint density at radius 3 is 2.52 bits per heavy atom. The van der Waals surface area contributed by atoms with E-state index < -0.39 is 21.1 Å². The Hall–Kier alpha value is -2.55. The molecular formula is C16H20N4O4S. The Kier molecular flexibility index (Phi) is 4.42. The van der Waals surface area contributed by atoms with Crippen LogP contribution in [0, 0.1) is 0 Å². The van der Waals surface area contributed by atoms with Gasteiger partial charge in [0.1, 0.15) is 11.5 Å². The maximum atomic E-state index is 12.4. The molecule has 1 aromatic carbocycles. The van der Waals surface area contributed by atoms with Crippen molar-refractivity contribution in [3.05, 3.63) is 56.7 Å². The van der Waals surface area contributed by atoms with Crippen LogP contribution >= 0.6 is 0 Å². The van der Waals surface area contributed by atoms with E-state index in [1.165, 1.54) is 11.6 Å². The number of nitrogens with one attached hydrogen (secondary N) is 1. The maximum absolute atomic E-state index is 12.4. The second-order valence-electron chi connectivity index (χ2n) is 6.22. The van der Waals surface area contributed by atoms with Gasteiger partial charge in [-0.05, 0) is 12.0 Å². The van der Waals surface area contributed by atoms with Gasteiger partial charge in [0, 0.05) is 13.1 Å². The lowest BCUT2D eigenvalue weighted by Gasteiger charge is -2.18. The van der Waals surface area contributed by atoms with Gasteiger partial charge in [-0.1, -0.05) is 30.3 Å². The van der Waals surface area contributed by atoms with E-state index in [1.54, 1.807) is 0 Å². The molecule has 1 unspecified atom stereocenters. The third kappa shape index (κ3) is 3.46. The lowest BCUT2D eigenvalue weighted by atomic mass is 10.2. The lowest BCUT2D eigenvalue weighted by Crippen LogP contribution is -2.42. The van der Waals surface area contributed by atoms with Gasteiger partial charge in [0.25, 0.3) is 5.56 Å². The largest absolute Gasteiger partial charge is 0.383 e. The number of benzene rings is 1. The van der Waals surface area contributed by atoms with Crippen molar-refractivity contribution in [3.63, 3.8) is 0 Å². The zero-order valence-corrected chi connectivity index (χ0v) is 14.6. The topological polar surface area (TPSA) is 116 Å². The second-order valence-corrected chi connectivity index (χ2v) is 8.45. The molecule has 2 aromatic rings. The fourth-order valence-corrected chi connectivity index (χ4v) is 4.62. The van der Waals surface area contributed by atoms with Gasteiger partial charge in [-0.25, -0.2) is 13.2 Å². The van der Waals surface area contributed by atoms with Gasteiger partial charge in [-0.2, -0.15) is 0 Å². The van der Waals surface area contributed by atoms with E-state index in [2.05, 4.69) is 5.32 Å². The summed E-state index contributed by atoms with van der Waals surface area (Å²) in [6.07, 6.45) is 0.405. The normalized spacial score (nSPS) is 19.0. The first-order chi connectivity index (χ1) is 11.8. The lowest BCUT2D eigenvalue weighted by molar-refractivity contribution is 0.602. The summed E-state index contributed by atoms with van der Waals surface area (Å²) in [5.41, 5.74) is 5.94. The molecule has 8 nitrogen and oxygen atoms in total. The molecule has 1 aliphatic heterocycles. The van der Waals surface area contributed by atoms with Crippen LogP contribution in [0.3, 0.4) is 0 Å². The fourth-order valence-electron chi connectivity index (χ4n) is 2.95. The summed E-state index contributed by atoms with van der Waals surface area (Å²) in [5.74, 6) is 0.0448. The molecular weight excluding hydrogens is 344 g/mol. The predicted molar refractivity (Wildman–Crippen MR) is 96.6 cm³/mol. The summed E-state index contributed by atoms with van der Waals surface area (Å²) in [5, 5.41) is 2.93. The minimum atomic E-state index is -3.10. The summed E-state index contributed by atoms with van der Waals surface area (Å²) >= 11 is 0. The van der Waals surface area contributed by atoms with Crippen molar-refractivity contribution in [2.24, 2.45) is 7.05 Å². The van der Waals surface area contributed by atoms with E-state index in [1.807, 2.05) is 30.3 Å². The fraction of sp³-hybridized carbons (Fsp3) is 0.375. The molecule has 0 aliphatic carbocycles. The van der Waals surface area contributed by atoms with Crippen LogP contribution in [0.15, 0.2) is 39.9 Å². The number of aromatic nitrogens is 2. The molecule has 0 amide bonds. The minimum absolute atomic E-state index is 0.0150. The van der Waals surface area contributed by atoms with Crippen LogP contribution in [0.1, 0.15) is 12.0 Å². The molecule has 9 heteroatoms. The summed E-state index contributed by atoms with van der Waals surface area (Å²) in [4.78, 5) is 24.9. The predicted octanol–water partition coefficient (Wildman–Crippen LogP) is -0.223. The molecule has 3 rings (SSSR count). The van der Waals surface area contributed by atoms with E-state index in [9.17, 15) is 18.0 Å². The Morgan fingerprint density at radius 2 is 1.92 bits per heavy atom. The Morgan fingerprint density at radius 1 is 1.24 bits per heavy atom. The molecule has 25 heavy (non-hydrogen) atoms. The van der Waals surface area contributed by atoms with Crippen LogP contribution < -0.4 is 22.3 Å². The molecule has 1 aromatic heterocycles. The smallest absolute Gasteiger partial charge is 0.332 e. The summed E-state index contributed by atoms with van der Waals surface area (Å²) in [6, 6.07) is 8.88. The van der Waals surface area contributed by atoms with Gasteiger partial charge in [-0.15, -0.1) is 0 Å². The van der Waals surface area contributed by atoms with Gasteiger partial charge in [-0.3, -0.25) is 13.9 Å². The first-order valence-corrected chi connectivity index (χ1v) is 9.71. The first-order valence-electron chi connectivity index (χ1n) is 7.88. The third-order valence-electron chi connectivity index (χ3n) is 4.35. The molecule has 1 aliphatic rings. The SMILES string of the molecule is Cn1c(=O)c(NC2CCS(=O)(=O)C2)c(N)n(Cc2ccccc2)c1=O. The van der Waals surface area contributed by atoms with Crippen molar-refractivity contribution in [2.45, 2.75) is 19.0 Å². The standard InChI is InChI=1S/C16H20N4O4S/c1-19-15(21)13(18-12-7-8-25(23,24)10-12)14(17)20(16(19)22)9-11-5-3-2-4-6-11/h2-6,12,18H,7-10,17H2,1H3. The number of rotatable bonds is 4. The van der Waals surface area contributed by atoms with E-state index in [4.69, 9.17) is 5.73 Å². The average Bonchev–Trinajstić information content (AvgIpc) is 2.93. The quantitative estimate of drug-likeness (QED) is 0.775. The van der Waals surface area contributed by atoms with Crippen molar-refractivity contribution >= 4 is 21.3 Å². The molecule has 1 saturated heterocycles. The molecule has 3 N–H and O–H groups in total. The van der Waals surface area contributed by atoms with Gasteiger partial charge in [0.05, 0.1) is 18.1 Å². The highest BCUT2D eigenvalue weighted by molar-refractivity contribution is 7.91. The van der Waals surface area contributed by atoms with Crippen molar-refractivity contribution in [3.8, 4) is 0 Å². The Labute approximate surface area is 144 Å². The highest BCUT2D eigenvalue weighted by Crippen LogP contribution is 2.19. The van der Waals surface area contributed by atoms with Gasteiger partial charge in [0.2, 0.25) is 0 Å². The van der Waals surface area contributed by atoms with E-state index in [-0.39, 0.29) is 35.6 Å². The molecule has 134 valence electrons. The number of anilines is 2. The minimum Gasteiger partial charge on any atom is -0.383 e. The van der Waals surface area contributed by atoms with Crippen LogP contribution in [0.5, 0.6) is 0 Å². The first kappa shape index (κ1) is 17.3. The molecule has 0 spiro atoms. The second kappa shape index (κ2) is 6.40. The Balaban J connectivity index is 2.01. The summed E-state index contributed by atoms with van der Waals surface area (Å²) < 4.78 is 25.5. The third-order valence-corrected chi connectivity index (χ3v) is 6.12. The molecule has 2 heterocycles. The number of hydrogen-bond acceptors (Lipinski definition) is 6. The van der Waals surface area contributed by atoms with Crippen LogP contribution in [0.25, 0.3) is 0 Å². The highest BCUT2D eigenvalue weighted by atomic mass is 32.2. The van der Waals surface area contributed by atoms with Gasteiger partial charge in [0.15, 0.2) is 9.84 Å². The molecule has 0 saturated carbocycles. The van der Waals surface area contributed by atoms with Crippen molar-refractivity contribution in [1.29, 1.82) is 0 Å². The molecule has 0 radical (unpaired) electrons. The summed E-state index contributed by atoms with van der Waals surface area (Å²) in [6.45, 7) is 0.220. The van der Waals surface area contributed by atoms with Gasteiger partial charge >= 0.3 is 5.69 Å². The highest BCUT2D eigenvalue weighted by Gasteiger charge is 2.29. The number of nitrogens with zero attached hydrogens (tertiary/aromatic N) is 2. The van der Waals surface area contributed by atoms with Crippen LogP contribution in [0.4, 0.5) is 11.5 Å². The zero-order chi connectivity index (χ0) is 18.2. The molecule has 1 fully saturated rings.